The molecule has 2 aromatic rings. The molecule has 28 heavy (non-hydrogen) atoms. The topological polar surface area (TPSA) is 76.0 Å². The van der Waals surface area contributed by atoms with Crippen LogP contribution in [-0.4, -0.2) is 43.4 Å². The summed E-state index contributed by atoms with van der Waals surface area (Å²) in [6.45, 7) is 6.42. The molecule has 0 saturated heterocycles. The summed E-state index contributed by atoms with van der Waals surface area (Å²) in [7, 11) is 0. The molecular formula is C18H22F3N5O2. The van der Waals surface area contributed by atoms with Gasteiger partial charge in [-0.05, 0) is 20.8 Å². The van der Waals surface area contributed by atoms with Crippen molar-refractivity contribution in [3.05, 3.63) is 33.9 Å². The van der Waals surface area contributed by atoms with Crippen LogP contribution in [0.15, 0.2) is 0 Å². The number of aryl methyl sites for hydroxylation is 1. The number of hydrogen-bond donors (Lipinski definition) is 1. The average Bonchev–Trinajstić information content (AvgIpc) is 3.21. The van der Waals surface area contributed by atoms with Crippen molar-refractivity contribution >= 4 is 5.91 Å². The highest BCUT2D eigenvalue weighted by atomic mass is 19.4. The van der Waals surface area contributed by atoms with Gasteiger partial charge in [0.05, 0.1) is 24.4 Å². The lowest BCUT2D eigenvalue weighted by Gasteiger charge is -2.29. The van der Waals surface area contributed by atoms with E-state index in [4.69, 9.17) is 4.74 Å². The molecule has 2 aromatic heterocycles. The van der Waals surface area contributed by atoms with Crippen molar-refractivity contribution in [2.75, 3.05) is 6.54 Å². The number of halogens is 3. The molecule has 0 fully saturated rings. The minimum Gasteiger partial charge on any atom is -0.369 e. The first-order valence-corrected chi connectivity index (χ1v) is 9.38. The molecule has 0 bridgehead atoms. The Balaban J connectivity index is 1.69. The van der Waals surface area contributed by atoms with E-state index in [-0.39, 0.29) is 30.2 Å². The van der Waals surface area contributed by atoms with E-state index in [1.54, 1.807) is 4.68 Å². The maximum Gasteiger partial charge on any atom is 0.435 e. The highest BCUT2D eigenvalue weighted by molar-refractivity contribution is 5.94. The van der Waals surface area contributed by atoms with Crippen LogP contribution >= 0.6 is 0 Å². The Labute approximate surface area is 159 Å². The molecule has 1 amide bonds. The zero-order valence-electron chi connectivity index (χ0n) is 15.9. The van der Waals surface area contributed by atoms with Gasteiger partial charge < -0.3 is 9.64 Å². The zero-order valence-corrected chi connectivity index (χ0v) is 15.9. The van der Waals surface area contributed by atoms with Gasteiger partial charge in [-0.1, -0.05) is 0 Å². The molecule has 2 aliphatic rings. The van der Waals surface area contributed by atoms with E-state index >= 15 is 0 Å². The third kappa shape index (κ3) is 2.99. The van der Waals surface area contributed by atoms with Crippen LogP contribution in [0.2, 0.25) is 0 Å². The Bertz CT molecular complexity index is 917. The fourth-order valence-corrected chi connectivity index (χ4v) is 4.11. The summed E-state index contributed by atoms with van der Waals surface area (Å²) in [5.41, 5.74) is 1.58. The number of carbonyl (C=O) groups excluding carboxylic acids is 1. The fourth-order valence-electron chi connectivity index (χ4n) is 4.11. The normalized spacial score (nSPS) is 22.1. The number of amides is 1. The minimum atomic E-state index is -4.55. The van der Waals surface area contributed by atoms with Gasteiger partial charge in [-0.15, -0.1) is 0 Å². The predicted octanol–water partition coefficient (Wildman–Crippen LogP) is 2.87. The van der Waals surface area contributed by atoms with Crippen molar-refractivity contribution in [1.82, 2.24) is 24.9 Å². The van der Waals surface area contributed by atoms with E-state index in [9.17, 15) is 18.0 Å². The number of rotatable bonds is 2. The summed E-state index contributed by atoms with van der Waals surface area (Å²) in [6, 6.07) is 0. The standard InChI is InChI=1S/C18H22F3N5O2/c1-4-26-15(11-7-9(2)28-10(3)14(11)24-26)17(27)25-6-5-13-12(8-25)16(23-22-13)18(19,20)21/h9-10H,4-8H2,1-3H3,(H,22,23)/t9-,10+/m0/s1. The van der Waals surface area contributed by atoms with Crippen molar-refractivity contribution in [2.24, 2.45) is 0 Å². The van der Waals surface area contributed by atoms with Gasteiger partial charge in [0, 0.05) is 42.8 Å². The number of ether oxygens (including phenoxy) is 1. The molecule has 4 heterocycles. The summed E-state index contributed by atoms with van der Waals surface area (Å²) in [5.74, 6) is -0.295. The van der Waals surface area contributed by atoms with Gasteiger partial charge in [-0.3, -0.25) is 14.6 Å². The van der Waals surface area contributed by atoms with Crippen LogP contribution < -0.4 is 0 Å². The Hall–Kier alpha value is -2.36. The molecule has 0 aromatic carbocycles. The second kappa shape index (κ2) is 6.61. The van der Waals surface area contributed by atoms with Gasteiger partial charge in [-0.25, -0.2) is 0 Å². The van der Waals surface area contributed by atoms with Crippen molar-refractivity contribution in [2.45, 2.75) is 65.1 Å². The largest absolute Gasteiger partial charge is 0.435 e. The molecule has 0 spiro atoms. The van der Waals surface area contributed by atoms with Gasteiger partial charge >= 0.3 is 6.18 Å². The molecule has 10 heteroatoms. The van der Waals surface area contributed by atoms with E-state index in [1.807, 2.05) is 20.8 Å². The fraction of sp³-hybridized carbons (Fsp3) is 0.611. The van der Waals surface area contributed by atoms with Gasteiger partial charge in [0.15, 0.2) is 5.69 Å². The zero-order chi connectivity index (χ0) is 20.2. The van der Waals surface area contributed by atoms with Crippen molar-refractivity contribution in [1.29, 1.82) is 0 Å². The van der Waals surface area contributed by atoms with Crippen molar-refractivity contribution < 1.29 is 22.7 Å². The number of aromatic nitrogens is 4. The van der Waals surface area contributed by atoms with Crippen LogP contribution in [-0.2, 0) is 36.8 Å². The minimum absolute atomic E-state index is 0.0496. The Kier molecular flexibility index (Phi) is 4.48. The number of fused-ring (bicyclic) bond motifs is 2. The lowest BCUT2D eigenvalue weighted by molar-refractivity contribution is -0.142. The quantitative estimate of drug-likeness (QED) is 0.846. The van der Waals surface area contributed by atoms with Crippen LogP contribution in [0.3, 0.4) is 0 Å². The number of carbonyl (C=O) groups is 1. The van der Waals surface area contributed by atoms with Crippen LogP contribution in [0, 0.1) is 0 Å². The van der Waals surface area contributed by atoms with E-state index in [2.05, 4.69) is 15.3 Å². The Morgan fingerprint density at radius 1 is 1.32 bits per heavy atom. The number of nitrogens with one attached hydrogen (secondary N) is 1. The van der Waals surface area contributed by atoms with E-state index in [0.717, 1.165) is 11.3 Å². The summed E-state index contributed by atoms with van der Waals surface area (Å²) in [4.78, 5) is 14.8. The molecule has 1 N–H and O–H groups in total. The lowest BCUT2D eigenvalue weighted by Crippen LogP contribution is -2.38. The molecular weight excluding hydrogens is 375 g/mol. The number of H-pyrrole nitrogens is 1. The third-order valence-corrected chi connectivity index (χ3v) is 5.39. The maximum atomic E-state index is 13.3. The number of nitrogens with zero attached hydrogens (tertiary/aromatic N) is 4. The third-order valence-electron chi connectivity index (χ3n) is 5.39. The van der Waals surface area contributed by atoms with Crippen LogP contribution in [0.25, 0.3) is 0 Å². The lowest BCUT2D eigenvalue weighted by atomic mass is 9.98. The monoisotopic (exact) mass is 397 g/mol. The Morgan fingerprint density at radius 2 is 2.07 bits per heavy atom. The Morgan fingerprint density at radius 3 is 2.75 bits per heavy atom. The molecule has 2 atom stereocenters. The van der Waals surface area contributed by atoms with Crippen LogP contribution in [0.5, 0.6) is 0 Å². The number of alkyl halides is 3. The molecule has 0 saturated carbocycles. The summed E-state index contributed by atoms with van der Waals surface area (Å²) < 4.78 is 47.1. The van der Waals surface area contributed by atoms with E-state index < -0.39 is 11.9 Å². The van der Waals surface area contributed by atoms with Gasteiger partial charge in [-0.2, -0.15) is 23.4 Å². The molecule has 0 aliphatic carbocycles. The molecule has 7 nitrogen and oxygen atoms in total. The molecule has 4 rings (SSSR count). The highest BCUT2D eigenvalue weighted by Crippen LogP contribution is 2.36. The van der Waals surface area contributed by atoms with Crippen LogP contribution in [0.4, 0.5) is 13.2 Å². The molecule has 152 valence electrons. The second-order valence-electron chi connectivity index (χ2n) is 7.33. The van der Waals surface area contributed by atoms with E-state index in [0.29, 0.717) is 37.3 Å². The summed E-state index contributed by atoms with van der Waals surface area (Å²) >= 11 is 0. The molecule has 0 radical (unpaired) electrons. The highest BCUT2D eigenvalue weighted by Gasteiger charge is 2.41. The number of aromatic amines is 1. The van der Waals surface area contributed by atoms with Crippen molar-refractivity contribution in [3.63, 3.8) is 0 Å². The first-order chi connectivity index (χ1) is 13.2. The first kappa shape index (κ1) is 19.0. The smallest absolute Gasteiger partial charge is 0.369 e. The SMILES string of the molecule is CCn1nc2c(c1C(=O)N1CCc3[nH]nc(C(F)(F)F)c3C1)C[C@H](C)O[C@@H]2C. The van der Waals surface area contributed by atoms with Crippen molar-refractivity contribution in [3.8, 4) is 0 Å². The van der Waals surface area contributed by atoms with Crippen LogP contribution in [0.1, 0.15) is 65.6 Å². The average molecular weight is 397 g/mol. The summed E-state index contributed by atoms with van der Waals surface area (Å²) in [6.07, 6.45) is -3.97. The molecule has 2 aliphatic heterocycles. The van der Waals surface area contributed by atoms with Gasteiger partial charge in [0.2, 0.25) is 0 Å². The predicted molar refractivity (Wildman–Crippen MR) is 92.6 cm³/mol. The van der Waals surface area contributed by atoms with E-state index in [1.165, 1.54) is 4.90 Å². The van der Waals surface area contributed by atoms with Gasteiger partial charge in [0.1, 0.15) is 5.69 Å². The molecule has 0 unspecified atom stereocenters. The number of hydrogen-bond acceptors (Lipinski definition) is 4. The summed E-state index contributed by atoms with van der Waals surface area (Å²) in [5, 5.41) is 10.4. The first-order valence-electron chi connectivity index (χ1n) is 9.38. The second-order valence-corrected chi connectivity index (χ2v) is 7.33. The van der Waals surface area contributed by atoms with Gasteiger partial charge in [0.25, 0.3) is 5.91 Å². The maximum absolute atomic E-state index is 13.3.